The molecule has 0 radical (unpaired) electrons. The van der Waals surface area contributed by atoms with Gasteiger partial charge in [0.15, 0.2) is 11.5 Å². The molecule has 0 spiro atoms. The van der Waals surface area contributed by atoms with Crippen LogP contribution >= 0.6 is 22.9 Å². The molecule has 0 aliphatic heterocycles. The zero-order valence-electron chi connectivity index (χ0n) is 22.5. The van der Waals surface area contributed by atoms with Gasteiger partial charge in [-0.05, 0) is 81.0 Å². The summed E-state index contributed by atoms with van der Waals surface area (Å²) in [6, 6.07) is 12.6. The Labute approximate surface area is 241 Å². The first-order valence-electron chi connectivity index (χ1n) is 12.8. The van der Waals surface area contributed by atoms with Crippen LogP contribution in [0.3, 0.4) is 0 Å². The average Bonchev–Trinajstić information content (AvgIpc) is 3.33. The van der Waals surface area contributed by atoms with Crippen molar-refractivity contribution in [3.05, 3.63) is 74.6 Å². The van der Waals surface area contributed by atoms with Crippen LogP contribution in [0.5, 0.6) is 11.5 Å². The van der Waals surface area contributed by atoms with Gasteiger partial charge < -0.3 is 19.5 Å². The predicted molar refractivity (Wildman–Crippen MR) is 155 cm³/mol. The number of rotatable bonds is 9. The van der Waals surface area contributed by atoms with Crippen molar-refractivity contribution in [2.45, 2.75) is 46.1 Å². The number of halogens is 1. The van der Waals surface area contributed by atoms with E-state index in [0.717, 1.165) is 41.7 Å². The van der Waals surface area contributed by atoms with Gasteiger partial charge in [-0.3, -0.25) is 9.59 Å². The molecule has 9 nitrogen and oxygen atoms in total. The molecule has 0 atom stereocenters. The largest absolute Gasteiger partial charge is 0.493 e. The molecule has 4 rings (SSSR count). The number of fused-ring (bicyclic) bond motifs is 1. The molecular formula is C29H30ClN3O6S. The van der Waals surface area contributed by atoms with Gasteiger partial charge in [0, 0.05) is 15.5 Å². The molecule has 0 fully saturated rings. The third-order valence-electron chi connectivity index (χ3n) is 6.30. The van der Waals surface area contributed by atoms with Crippen molar-refractivity contribution in [1.82, 2.24) is 5.43 Å². The lowest BCUT2D eigenvalue weighted by molar-refractivity contribution is -0.136. The van der Waals surface area contributed by atoms with Crippen LogP contribution in [0, 0.1) is 0 Å². The molecule has 2 amide bonds. The highest BCUT2D eigenvalue weighted by molar-refractivity contribution is 7.17. The second-order valence-corrected chi connectivity index (χ2v) is 10.6. The third kappa shape index (κ3) is 7.00. The topological polar surface area (TPSA) is 115 Å². The number of ether oxygens (including phenoxy) is 3. The van der Waals surface area contributed by atoms with E-state index in [9.17, 15) is 14.4 Å². The number of methoxy groups -OCH3 is 1. The number of aryl methyl sites for hydroxylation is 1. The zero-order valence-corrected chi connectivity index (χ0v) is 24.0. The van der Waals surface area contributed by atoms with E-state index in [-0.39, 0.29) is 6.61 Å². The first kappa shape index (κ1) is 29.1. The number of nitrogens with zero attached hydrogens (tertiary/aromatic N) is 1. The minimum atomic E-state index is -0.963. The fourth-order valence-corrected chi connectivity index (χ4v) is 5.64. The summed E-state index contributed by atoms with van der Waals surface area (Å²) in [5.74, 6) is -1.37. The molecule has 2 N–H and O–H groups in total. The number of anilines is 1. The second-order valence-electron chi connectivity index (χ2n) is 9.01. The molecule has 1 aliphatic carbocycles. The van der Waals surface area contributed by atoms with Gasteiger partial charge in [0.1, 0.15) is 11.6 Å². The van der Waals surface area contributed by atoms with E-state index in [2.05, 4.69) is 15.8 Å². The summed E-state index contributed by atoms with van der Waals surface area (Å²) in [6.07, 6.45) is 3.53. The van der Waals surface area contributed by atoms with E-state index in [1.807, 2.05) is 12.1 Å². The maximum Gasteiger partial charge on any atom is 0.341 e. The van der Waals surface area contributed by atoms with Gasteiger partial charge in [-0.2, -0.15) is 5.10 Å². The summed E-state index contributed by atoms with van der Waals surface area (Å²) in [6.45, 7) is 3.95. The number of esters is 1. The van der Waals surface area contributed by atoms with Crippen molar-refractivity contribution < 1.29 is 28.6 Å². The Kier molecular flexibility index (Phi) is 9.79. The maximum atomic E-state index is 12.7. The van der Waals surface area contributed by atoms with E-state index >= 15 is 0 Å². The van der Waals surface area contributed by atoms with Gasteiger partial charge in [0.25, 0.3) is 0 Å². The number of carbonyl (C=O) groups excluding carboxylic acids is 3. The number of benzene rings is 2. The molecule has 1 aliphatic rings. The molecule has 1 heterocycles. The van der Waals surface area contributed by atoms with Gasteiger partial charge in [-0.15, -0.1) is 11.3 Å². The highest BCUT2D eigenvalue weighted by atomic mass is 35.5. The first-order chi connectivity index (χ1) is 19.3. The Hall–Kier alpha value is -3.89. The van der Waals surface area contributed by atoms with E-state index in [0.29, 0.717) is 45.0 Å². The SMILES string of the molecule is CCOC(=O)c1c(NC(=O)C(=O)NN=C(C)c2ccc(OCc3ccc(Cl)cc3)c(OC)c2)sc2c1CCCC2. The summed E-state index contributed by atoms with van der Waals surface area (Å²) in [5, 5.41) is 7.63. The third-order valence-corrected chi connectivity index (χ3v) is 7.76. The Morgan fingerprint density at radius 2 is 1.77 bits per heavy atom. The standard InChI is InChI=1S/C29H30ClN3O6S/c1-4-38-29(36)25-21-7-5-6-8-24(21)40-28(25)31-26(34)27(35)33-32-17(2)19-11-14-22(23(15-19)37-3)39-16-18-9-12-20(30)13-10-18/h9-15H,4-8,16H2,1-3H3,(H,31,34)(H,33,35). The molecule has 0 saturated carbocycles. The number of hydrazone groups is 1. The summed E-state index contributed by atoms with van der Waals surface area (Å²) in [5.41, 5.74) is 5.58. The minimum absolute atomic E-state index is 0.214. The number of thiophene rings is 1. The fraction of sp³-hybridized carbons (Fsp3) is 0.310. The number of hydrogen-bond donors (Lipinski definition) is 2. The van der Waals surface area contributed by atoms with Crippen molar-refractivity contribution >= 4 is 51.4 Å². The van der Waals surface area contributed by atoms with Crippen LogP contribution in [0.25, 0.3) is 0 Å². The van der Waals surface area contributed by atoms with E-state index < -0.39 is 17.8 Å². The van der Waals surface area contributed by atoms with Gasteiger partial charge >= 0.3 is 17.8 Å². The van der Waals surface area contributed by atoms with E-state index in [4.69, 9.17) is 25.8 Å². The molecular weight excluding hydrogens is 554 g/mol. The Morgan fingerprint density at radius 3 is 2.50 bits per heavy atom. The summed E-state index contributed by atoms with van der Waals surface area (Å²) >= 11 is 7.24. The van der Waals surface area contributed by atoms with Crippen LogP contribution < -0.4 is 20.2 Å². The fourth-order valence-electron chi connectivity index (χ4n) is 4.24. The molecule has 0 unspecified atom stereocenters. The Bertz CT molecular complexity index is 1430. The smallest absolute Gasteiger partial charge is 0.341 e. The average molecular weight is 584 g/mol. The second kappa shape index (κ2) is 13.5. The summed E-state index contributed by atoms with van der Waals surface area (Å²) < 4.78 is 16.6. The number of carbonyl (C=O) groups is 3. The maximum absolute atomic E-state index is 12.7. The van der Waals surface area contributed by atoms with E-state index in [1.165, 1.54) is 18.4 Å². The van der Waals surface area contributed by atoms with Crippen LogP contribution in [0.2, 0.25) is 5.02 Å². The molecule has 11 heteroatoms. The first-order valence-corrected chi connectivity index (χ1v) is 14.0. The quantitative estimate of drug-likeness (QED) is 0.148. The van der Waals surface area contributed by atoms with Crippen molar-refractivity contribution in [3.8, 4) is 11.5 Å². The van der Waals surface area contributed by atoms with Gasteiger partial charge in [-0.25, -0.2) is 10.2 Å². The van der Waals surface area contributed by atoms with Crippen molar-refractivity contribution in [2.75, 3.05) is 19.0 Å². The summed E-state index contributed by atoms with van der Waals surface area (Å²) in [4.78, 5) is 38.9. The highest BCUT2D eigenvalue weighted by Gasteiger charge is 2.28. The van der Waals surface area contributed by atoms with Crippen LogP contribution in [-0.2, 0) is 33.8 Å². The molecule has 0 bridgehead atoms. The van der Waals surface area contributed by atoms with Gasteiger partial charge in [0.05, 0.1) is 25.0 Å². The van der Waals surface area contributed by atoms with Crippen molar-refractivity contribution in [3.63, 3.8) is 0 Å². The summed E-state index contributed by atoms with van der Waals surface area (Å²) in [7, 11) is 1.53. The number of hydrogen-bond acceptors (Lipinski definition) is 8. The lowest BCUT2D eigenvalue weighted by Gasteiger charge is -2.12. The van der Waals surface area contributed by atoms with Gasteiger partial charge in [0.2, 0.25) is 0 Å². The molecule has 3 aromatic rings. The lowest BCUT2D eigenvalue weighted by atomic mass is 9.95. The van der Waals surface area contributed by atoms with E-state index in [1.54, 1.807) is 44.2 Å². The van der Waals surface area contributed by atoms with Crippen molar-refractivity contribution in [2.24, 2.45) is 5.10 Å². The molecule has 40 heavy (non-hydrogen) atoms. The monoisotopic (exact) mass is 583 g/mol. The van der Waals surface area contributed by atoms with Crippen LogP contribution in [-0.4, -0.2) is 37.2 Å². The normalized spacial score (nSPS) is 12.8. The minimum Gasteiger partial charge on any atom is -0.493 e. The van der Waals surface area contributed by atoms with Crippen LogP contribution in [0.1, 0.15) is 58.6 Å². The molecule has 1 aromatic heterocycles. The molecule has 2 aromatic carbocycles. The zero-order chi connectivity index (χ0) is 28.6. The number of nitrogens with one attached hydrogen (secondary N) is 2. The van der Waals surface area contributed by atoms with Crippen LogP contribution in [0.4, 0.5) is 5.00 Å². The molecule has 0 saturated heterocycles. The van der Waals surface area contributed by atoms with Crippen molar-refractivity contribution in [1.29, 1.82) is 0 Å². The lowest BCUT2D eigenvalue weighted by Crippen LogP contribution is -2.33. The molecule has 210 valence electrons. The van der Waals surface area contributed by atoms with Crippen LogP contribution in [0.15, 0.2) is 47.6 Å². The Morgan fingerprint density at radius 1 is 1.02 bits per heavy atom. The predicted octanol–water partition coefficient (Wildman–Crippen LogP) is 5.52. The van der Waals surface area contributed by atoms with Gasteiger partial charge in [-0.1, -0.05) is 23.7 Å². The number of amides is 2. The Balaban J connectivity index is 1.41. The highest BCUT2D eigenvalue weighted by Crippen LogP contribution is 2.38.